The second-order valence-corrected chi connectivity index (χ2v) is 7.67. The van der Waals surface area contributed by atoms with Crippen molar-refractivity contribution in [3.63, 3.8) is 0 Å². The minimum absolute atomic E-state index is 0.0742. The molecule has 0 aliphatic rings. The highest BCUT2D eigenvalue weighted by molar-refractivity contribution is 5.76. The number of carbonyl (C=O) groups excluding carboxylic acids is 2. The molecule has 6 nitrogen and oxygen atoms in total. The zero-order valence-corrected chi connectivity index (χ0v) is 16.7. The molecular formula is C20H32N2O4. The van der Waals surface area contributed by atoms with Crippen LogP contribution in [0, 0.1) is 5.92 Å². The van der Waals surface area contributed by atoms with E-state index in [1.807, 2.05) is 65.0 Å². The van der Waals surface area contributed by atoms with Crippen LogP contribution < -0.4 is 5.32 Å². The summed E-state index contributed by atoms with van der Waals surface area (Å²) in [6.07, 6.45) is -0.382. The number of carbonyl (C=O) groups is 2. The number of likely N-dealkylation sites (N-methyl/N-ethyl adjacent to an activating group) is 1. The van der Waals surface area contributed by atoms with Crippen molar-refractivity contribution in [1.29, 1.82) is 0 Å². The highest BCUT2D eigenvalue weighted by Crippen LogP contribution is 2.09. The van der Waals surface area contributed by atoms with E-state index in [2.05, 4.69) is 5.32 Å². The predicted molar refractivity (Wildman–Crippen MR) is 102 cm³/mol. The SMILES string of the molecule is CC(C)[C@H](NCCN(C)C(=O)OC(C)(C)C)C(=O)OCc1ccccc1. The Bertz CT molecular complexity index is 567. The van der Waals surface area contributed by atoms with Gasteiger partial charge in [0, 0.05) is 20.1 Å². The Hall–Kier alpha value is -2.08. The molecule has 0 aromatic heterocycles. The molecule has 0 aliphatic carbocycles. The van der Waals surface area contributed by atoms with Gasteiger partial charge in [0.15, 0.2) is 0 Å². The zero-order chi connectivity index (χ0) is 19.7. The number of benzene rings is 1. The number of hydrogen-bond donors (Lipinski definition) is 1. The zero-order valence-electron chi connectivity index (χ0n) is 16.7. The fourth-order valence-corrected chi connectivity index (χ4v) is 2.23. The highest BCUT2D eigenvalue weighted by atomic mass is 16.6. The van der Waals surface area contributed by atoms with E-state index < -0.39 is 11.6 Å². The van der Waals surface area contributed by atoms with Crippen molar-refractivity contribution in [2.75, 3.05) is 20.1 Å². The highest BCUT2D eigenvalue weighted by Gasteiger charge is 2.24. The van der Waals surface area contributed by atoms with Crippen LogP contribution in [0.1, 0.15) is 40.2 Å². The van der Waals surface area contributed by atoms with Gasteiger partial charge in [0.05, 0.1) is 0 Å². The van der Waals surface area contributed by atoms with E-state index in [0.717, 1.165) is 5.56 Å². The standard InChI is InChI=1S/C20H32N2O4/c1-15(2)17(18(23)25-14-16-10-8-7-9-11-16)21-12-13-22(6)19(24)26-20(3,4)5/h7-11,15,17,21H,12-14H2,1-6H3/t17-/m0/s1. The molecule has 1 amide bonds. The van der Waals surface area contributed by atoms with Crippen molar-refractivity contribution >= 4 is 12.1 Å². The summed E-state index contributed by atoms with van der Waals surface area (Å²) in [5.74, 6) is -0.214. The molecule has 1 aromatic rings. The molecule has 1 atom stereocenters. The third-order valence-corrected chi connectivity index (χ3v) is 3.66. The van der Waals surface area contributed by atoms with Gasteiger partial charge in [0.1, 0.15) is 18.2 Å². The molecule has 146 valence electrons. The molecule has 0 bridgehead atoms. The Labute approximate surface area is 156 Å². The van der Waals surface area contributed by atoms with Gasteiger partial charge in [-0.25, -0.2) is 4.79 Å². The van der Waals surface area contributed by atoms with Crippen molar-refractivity contribution in [1.82, 2.24) is 10.2 Å². The number of nitrogens with zero attached hydrogens (tertiary/aromatic N) is 1. The summed E-state index contributed by atoms with van der Waals surface area (Å²) in [6.45, 7) is 10.6. The van der Waals surface area contributed by atoms with Crippen molar-refractivity contribution < 1.29 is 19.1 Å². The van der Waals surface area contributed by atoms with Crippen molar-refractivity contribution in [3.05, 3.63) is 35.9 Å². The minimum atomic E-state index is -0.527. The Morgan fingerprint density at radius 1 is 1.15 bits per heavy atom. The second-order valence-electron chi connectivity index (χ2n) is 7.67. The molecule has 0 heterocycles. The molecule has 0 aliphatic heterocycles. The van der Waals surface area contributed by atoms with Crippen molar-refractivity contribution in [2.45, 2.75) is 52.9 Å². The van der Waals surface area contributed by atoms with Crippen molar-refractivity contribution in [3.8, 4) is 0 Å². The van der Waals surface area contributed by atoms with Crippen molar-refractivity contribution in [2.24, 2.45) is 5.92 Å². The molecule has 1 N–H and O–H groups in total. The summed E-state index contributed by atoms with van der Waals surface area (Å²) in [6, 6.07) is 9.15. The van der Waals surface area contributed by atoms with E-state index in [-0.39, 0.29) is 24.6 Å². The fourth-order valence-electron chi connectivity index (χ4n) is 2.23. The number of esters is 1. The topological polar surface area (TPSA) is 67.9 Å². The van der Waals surface area contributed by atoms with E-state index in [1.54, 1.807) is 7.05 Å². The first-order valence-electron chi connectivity index (χ1n) is 8.98. The summed E-state index contributed by atoms with van der Waals surface area (Å²) in [5.41, 5.74) is 0.425. The van der Waals surface area contributed by atoms with Crippen LogP contribution >= 0.6 is 0 Å². The van der Waals surface area contributed by atoms with Crippen LogP contribution in [-0.4, -0.2) is 48.7 Å². The van der Waals surface area contributed by atoms with Crippen LogP contribution in [0.5, 0.6) is 0 Å². The van der Waals surface area contributed by atoms with Gasteiger partial charge in [0.2, 0.25) is 0 Å². The largest absolute Gasteiger partial charge is 0.460 e. The second kappa shape index (κ2) is 10.2. The normalized spacial score (nSPS) is 12.6. The lowest BCUT2D eigenvalue weighted by molar-refractivity contribution is -0.148. The van der Waals surface area contributed by atoms with E-state index in [4.69, 9.17) is 9.47 Å². The van der Waals surface area contributed by atoms with Gasteiger partial charge in [-0.1, -0.05) is 44.2 Å². The van der Waals surface area contributed by atoms with Crippen LogP contribution in [0.4, 0.5) is 4.79 Å². The average Bonchev–Trinajstić information content (AvgIpc) is 2.55. The number of ether oxygens (including phenoxy) is 2. The maximum atomic E-state index is 12.4. The molecule has 0 spiro atoms. The van der Waals surface area contributed by atoms with Crippen LogP contribution in [0.2, 0.25) is 0 Å². The van der Waals surface area contributed by atoms with Crippen LogP contribution in [-0.2, 0) is 20.9 Å². The number of nitrogens with one attached hydrogen (secondary N) is 1. The molecule has 6 heteroatoms. The van der Waals surface area contributed by atoms with Gasteiger partial charge < -0.3 is 19.7 Å². The molecule has 1 rings (SSSR count). The Morgan fingerprint density at radius 2 is 1.77 bits per heavy atom. The van der Waals surface area contributed by atoms with Gasteiger partial charge in [-0.15, -0.1) is 0 Å². The smallest absolute Gasteiger partial charge is 0.410 e. The van der Waals surface area contributed by atoms with E-state index in [1.165, 1.54) is 4.90 Å². The number of rotatable bonds is 8. The maximum absolute atomic E-state index is 12.4. The minimum Gasteiger partial charge on any atom is -0.460 e. The molecular weight excluding hydrogens is 332 g/mol. The van der Waals surface area contributed by atoms with E-state index >= 15 is 0 Å². The number of amides is 1. The first kappa shape index (κ1) is 22.0. The third kappa shape index (κ3) is 8.34. The lowest BCUT2D eigenvalue weighted by Gasteiger charge is -2.26. The van der Waals surface area contributed by atoms with Crippen LogP contribution in [0.15, 0.2) is 30.3 Å². The molecule has 1 aromatic carbocycles. The quantitative estimate of drug-likeness (QED) is 0.718. The van der Waals surface area contributed by atoms with Gasteiger partial charge in [-0.05, 0) is 32.3 Å². The monoisotopic (exact) mass is 364 g/mol. The van der Waals surface area contributed by atoms with Gasteiger partial charge >= 0.3 is 12.1 Å². The first-order valence-corrected chi connectivity index (χ1v) is 8.98. The lowest BCUT2D eigenvalue weighted by atomic mass is 10.0. The molecule has 0 saturated heterocycles. The molecule has 0 fully saturated rings. The lowest BCUT2D eigenvalue weighted by Crippen LogP contribution is -2.46. The van der Waals surface area contributed by atoms with Crippen LogP contribution in [0.3, 0.4) is 0 Å². The molecule has 0 saturated carbocycles. The maximum Gasteiger partial charge on any atom is 0.410 e. The van der Waals surface area contributed by atoms with Gasteiger partial charge in [-0.3, -0.25) is 4.79 Å². The summed E-state index contributed by atoms with van der Waals surface area (Å²) >= 11 is 0. The van der Waals surface area contributed by atoms with E-state index in [9.17, 15) is 9.59 Å². The summed E-state index contributed by atoms with van der Waals surface area (Å²) < 4.78 is 10.7. The predicted octanol–water partition coefficient (Wildman–Crippen LogP) is 3.21. The summed E-state index contributed by atoms with van der Waals surface area (Å²) in [5, 5.41) is 3.18. The first-order chi connectivity index (χ1) is 12.1. The van der Waals surface area contributed by atoms with Gasteiger partial charge in [-0.2, -0.15) is 0 Å². The van der Waals surface area contributed by atoms with E-state index in [0.29, 0.717) is 13.1 Å². The summed E-state index contributed by atoms with van der Waals surface area (Å²) in [7, 11) is 1.67. The molecule has 0 unspecified atom stereocenters. The fraction of sp³-hybridized carbons (Fsp3) is 0.600. The average molecular weight is 364 g/mol. The molecule has 0 radical (unpaired) electrons. The number of hydrogen-bond acceptors (Lipinski definition) is 5. The summed E-state index contributed by atoms with van der Waals surface area (Å²) in [4.78, 5) is 25.8. The van der Waals surface area contributed by atoms with Crippen LogP contribution in [0.25, 0.3) is 0 Å². The Morgan fingerprint density at radius 3 is 2.31 bits per heavy atom. The Kier molecular flexibility index (Phi) is 8.58. The van der Waals surface area contributed by atoms with Gasteiger partial charge in [0.25, 0.3) is 0 Å². The molecule has 26 heavy (non-hydrogen) atoms. The third-order valence-electron chi connectivity index (χ3n) is 3.66. The Balaban J connectivity index is 2.45.